The van der Waals surface area contributed by atoms with Gasteiger partial charge in [0.25, 0.3) is 5.91 Å². The molecule has 122 valence electrons. The number of ether oxygens (including phenoxy) is 1. The van der Waals surface area contributed by atoms with Crippen LogP contribution >= 0.6 is 15.9 Å². The molecule has 2 aromatic rings. The first-order valence-electron chi connectivity index (χ1n) is 7.61. The summed E-state index contributed by atoms with van der Waals surface area (Å²) in [6, 6.07) is 11.4. The van der Waals surface area contributed by atoms with E-state index in [1.165, 1.54) is 0 Å². The maximum absolute atomic E-state index is 12.4. The Morgan fingerprint density at radius 3 is 3.09 bits per heavy atom. The third-order valence-electron chi connectivity index (χ3n) is 3.71. The van der Waals surface area contributed by atoms with Crippen molar-refractivity contribution in [3.8, 4) is 5.75 Å². The number of furan rings is 1. The van der Waals surface area contributed by atoms with Gasteiger partial charge in [-0.25, -0.2) is 0 Å². The van der Waals surface area contributed by atoms with Crippen molar-refractivity contribution in [2.75, 3.05) is 19.6 Å². The van der Waals surface area contributed by atoms with Crippen LogP contribution in [0.3, 0.4) is 0 Å². The number of benzene rings is 1. The molecule has 1 aliphatic rings. The summed E-state index contributed by atoms with van der Waals surface area (Å²) in [6.07, 6.45) is 0. The highest BCUT2D eigenvalue weighted by molar-refractivity contribution is 9.10. The van der Waals surface area contributed by atoms with E-state index in [-0.39, 0.29) is 5.91 Å². The lowest BCUT2D eigenvalue weighted by Gasteiger charge is -2.31. The van der Waals surface area contributed by atoms with Crippen LogP contribution in [-0.2, 0) is 6.61 Å². The van der Waals surface area contributed by atoms with E-state index in [2.05, 4.69) is 28.2 Å². The Morgan fingerprint density at radius 2 is 2.30 bits per heavy atom. The summed E-state index contributed by atoms with van der Waals surface area (Å²) in [4.78, 5) is 14.3. The van der Waals surface area contributed by atoms with Crippen molar-refractivity contribution < 1.29 is 13.9 Å². The lowest BCUT2D eigenvalue weighted by Crippen LogP contribution is -2.51. The van der Waals surface area contributed by atoms with Gasteiger partial charge in [-0.3, -0.25) is 4.79 Å². The van der Waals surface area contributed by atoms with Crippen molar-refractivity contribution >= 4 is 21.8 Å². The number of amides is 1. The van der Waals surface area contributed by atoms with Crippen molar-refractivity contribution in [3.63, 3.8) is 0 Å². The second-order valence-corrected chi connectivity index (χ2v) is 6.53. The summed E-state index contributed by atoms with van der Waals surface area (Å²) in [5, 5.41) is 3.32. The molecule has 1 aromatic heterocycles. The van der Waals surface area contributed by atoms with E-state index in [4.69, 9.17) is 9.15 Å². The van der Waals surface area contributed by atoms with Crippen LogP contribution in [0.5, 0.6) is 5.75 Å². The molecule has 23 heavy (non-hydrogen) atoms. The van der Waals surface area contributed by atoms with Crippen molar-refractivity contribution in [3.05, 3.63) is 52.4 Å². The zero-order valence-electron chi connectivity index (χ0n) is 12.9. The van der Waals surface area contributed by atoms with Gasteiger partial charge < -0.3 is 19.4 Å². The van der Waals surface area contributed by atoms with Gasteiger partial charge in [0.15, 0.2) is 5.76 Å². The third-order valence-corrected chi connectivity index (χ3v) is 4.20. The summed E-state index contributed by atoms with van der Waals surface area (Å²) < 4.78 is 12.3. The molecule has 1 aromatic carbocycles. The molecule has 0 radical (unpaired) electrons. The number of carbonyl (C=O) groups excluding carboxylic acids is 1. The Kier molecular flexibility index (Phi) is 5.03. The molecule has 1 amide bonds. The van der Waals surface area contributed by atoms with Crippen molar-refractivity contribution in [1.29, 1.82) is 0 Å². The number of rotatable bonds is 4. The average Bonchev–Trinajstić information content (AvgIpc) is 3.01. The van der Waals surface area contributed by atoms with Crippen LogP contribution < -0.4 is 10.1 Å². The molecule has 0 saturated carbocycles. The summed E-state index contributed by atoms with van der Waals surface area (Å²) in [5.41, 5.74) is 0. The molecule has 3 rings (SSSR count). The fourth-order valence-electron chi connectivity index (χ4n) is 2.55. The predicted octanol–water partition coefficient (Wildman–Crippen LogP) is 3.06. The third kappa shape index (κ3) is 4.14. The normalized spacial score (nSPS) is 18.0. The molecular formula is C17H19BrN2O3. The quantitative estimate of drug-likeness (QED) is 0.887. The molecule has 1 unspecified atom stereocenters. The maximum Gasteiger partial charge on any atom is 0.289 e. The molecule has 1 atom stereocenters. The van der Waals surface area contributed by atoms with Gasteiger partial charge in [-0.15, -0.1) is 0 Å². The molecular weight excluding hydrogens is 360 g/mol. The van der Waals surface area contributed by atoms with E-state index in [0.29, 0.717) is 37.3 Å². The number of hydrogen-bond acceptors (Lipinski definition) is 4. The van der Waals surface area contributed by atoms with Gasteiger partial charge in [0.05, 0.1) is 0 Å². The molecule has 0 aliphatic carbocycles. The van der Waals surface area contributed by atoms with Gasteiger partial charge >= 0.3 is 0 Å². The molecule has 2 heterocycles. The highest BCUT2D eigenvalue weighted by Crippen LogP contribution is 2.20. The lowest BCUT2D eigenvalue weighted by atomic mass is 10.2. The monoisotopic (exact) mass is 378 g/mol. The van der Waals surface area contributed by atoms with Crippen LogP contribution in [0.1, 0.15) is 23.2 Å². The fraction of sp³-hybridized carbons (Fsp3) is 0.353. The van der Waals surface area contributed by atoms with Gasteiger partial charge in [0, 0.05) is 30.1 Å². The Bertz CT molecular complexity index is 686. The first-order valence-corrected chi connectivity index (χ1v) is 8.41. The molecule has 0 bridgehead atoms. The zero-order chi connectivity index (χ0) is 16.2. The number of halogens is 1. The van der Waals surface area contributed by atoms with E-state index in [9.17, 15) is 4.79 Å². The molecule has 1 saturated heterocycles. The first-order chi connectivity index (χ1) is 11.1. The zero-order valence-corrected chi connectivity index (χ0v) is 14.5. The predicted molar refractivity (Wildman–Crippen MR) is 90.6 cm³/mol. The van der Waals surface area contributed by atoms with Crippen LogP contribution in [0.2, 0.25) is 0 Å². The van der Waals surface area contributed by atoms with Crippen LogP contribution in [0.4, 0.5) is 0 Å². The lowest BCUT2D eigenvalue weighted by molar-refractivity contribution is 0.0673. The second kappa shape index (κ2) is 7.19. The van der Waals surface area contributed by atoms with Gasteiger partial charge in [-0.2, -0.15) is 0 Å². The minimum Gasteiger partial charge on any atom is -0.486 e. The number of piperazine rings is 1. The SMILES string of the molecule is CC1CN(C(=O)c2ccc(COc3cccc(Br)c3)o2)CCN1. The average molecular weight is 379 g/mol. The molecule has 1 fully saturated rings. The van der Waals surface area contributed by atoms with Crippen LogP contribution in [-0.4, -0.2) is 36.5 Å². The summed E-state index contributed by atoms with van der Waals surface area (Å²) in [6.45, 7) is 4.57. The molecule has 0 spiro atoms. The molecule has 1 aliphatic heterocycles. The Labute approximate surface area is 143 Å². The van der Waals surface area contributed by atoms with E-state index in [0.717, 1.165) is 16.8 Å². The van der Waals surface area contributed by atoms with Crippen molar-refractivity contribution in [1.82, 2.24) is 10.2 Å². The Hall–Kier alpha value is -1.79. The van der Waals surface area contributed by atoms with E-state index >= 15 is 0 Å². The van der Waals surface area contributed by atoms with Gasteiger partial charge in [0.1, 0.15) is 18.1 Å². The Balaban J connectivity index is 1.60. The standard InChI is InChI=1S/C17H19BrN2O3/c1-12-10-20(8-7-19-12)17(21)16-6-5-15(23-16)11-22-14-4-2-3-13(18)9-14/h2-6,9,12,19H,7-8,10-11H2,1H3. The molecule has 6 heteroatoms. The largest absolute Gasteiger partial charge is 0.486 e. The summed E-state index contributed by atoms with van der Waals surface area (Å²) >= 11 is 3.40. The summed E-state index contributed by atoms with van der Waals surface area (Å²) in [7, 11) is 0. The van der Waals surface area contributed by atoms with Gasteiger partial charge in [0.2, 0.25) is 0 Å². The van der Waals surface area contributed by atoms with Crippen LogP contribution in [0.25, 0.3) is 0 Å². The van der Waals surface area contributed by atoms with Gasteiger partial charge in [-0.05, 0) is 37.3 Å². The van der Waals surface area contributed by atoms with Gasteiger partial charge in [-0.1, -0.05) is 22.0 Å². The first kappa shape index (κ1) is 16.1. The van der Waals surface area contributed by atoms with E-state index in [1.807, 2.05) is 29.2 Å². The second-order valence-electron chi connectivity index (χ2n) is 5.62. The molecule has 5 nitrogen and oxygen atoms in total. The minimum absolute atomic E-state index is 0.0629. The minimum atomic E-state index is -0.0629. The van der Waals surface area contributed by atoms with E-state index < -0.39 is 0 Å². The Morgan fingerprint density at radius 1 is 1.43 bits per heavy atom. The van der Waals surface area contributed by atoms with Crippen molar-refractivity contribution in [2.45, 2.75) is 19.6 Å². The molecule has 1 N–H and O–H groups in total. The van der Waals surface area contributed by atoms with Crippen LogP contribution in [0, 0.1) is 0 Å². The number of nitrogens with zero attached hydrogens (tertiary/aromatic N) is 1. The highest BCUT2D eigenvalue weighted by atomic mass is 79.9. The maximum atomic E-state index is 12.4. The van der Waals surface area contributed by atoms with E-state index in [1.54, 1.807) is 12.1 Å². The summed E-state index contributed by atoms with van der Waals surface area (Å²) in [5.74, 6) is 1.69. The smallest absolute Gasteiger partial charge is 0.289 e. The number of nitrogens with one attached hydrogen (secondary N) is 1. The highest BCUT2D eigenvalue weighted by Gasteiger charge is 2.23. The van der Waals surface area contributed by atoms with Crippen LogP contribution in [0.15, 0.2) is 45.3 Å². The number of carbonyl (C=O) groups is 1. The topological polar surface area (TPSA) is 54.7 Å². The van der Waals surface area contributed by atoms with Crippen molar-refractivity contribution in [2.24, 2.45) is 0 Å². The fourth-order valence-corrected chi connectivity index (χ4v) is 2.93. The number of hydrogen-bond donors (Lipinski definition) is 1.